The molecule has 0 aromatic rings. The molecule has 50 heavy (non-hydrogen) atoms. The maximum Gasteiger partial charge on any atom is 0.186 e. The summed E-state index contributed by atoms with van der Waals surface area (Å²) in [4.78, 5) is 0. The number of aliphatic hydroxyl groups is 7. The Morgan fingerprint density at radius 3 is 2.16 bits per heavy atom. The third kappa shape index (κ3) is 7.12. The predicted molar refractivity (Wildman–Crippen MR) is 184 cm³/mol. The second kappa shape index (κ2) is 15.6. The number of fused-ring (bicyclic) bond motifs is 5. The molecule has 6 aliphatic rings. The van der Waals surface area contributed by atoms with Crippen LogP contribution in [0.15, 0.2) is 11.6 Å². The number of rotatable bonds is 11. The van der Waals surface area contributed by atoms with Crippen LogP contribution >= 0.6 is 0 Å². The minimum atomic E-state index is -1.62. The highest BCUT2D eigenvalue weighted by Gasteiger charge is 2.59. The average molecular weight is 711 g/mol. The second-order valence-corrected chi connectivity index (χ2v) is 17.7. The summed E-state index contributed by atoms with van der Waals surface area (Å²) in [5, 5.41) is 72.3. The molecule has 0 aromatic heterocycles. The van der Waals surface area contributed by atoms with Gasteiger partial charge in [0.25, 0.3) is 0 Å². The van der Waals surface area contributed by atoms with Crippen molar-refractivity contribution in [3.05, 3.63) is 11.6 Å². The molecule has 288 valence electrons. The Hall–Kier alpha value is -0.700. The van der Waals surface area contributed by atoms with E-state index in [1.54, 1.807) is 5.57 Å². The molecule has 4 aliphatic carbocycles. The van der Waals surface area contributed by atoms with E-state index < -0.39 is 68.0 Å². The van der Waals surface area contributed by atoms with Gasteiger partial charge in [0.2, 0.25) is 0 Å². The number of hydrogen-bond acceptors (Lipinski definition) is 11. The minimum absolute atomic E-state index is 0.104. The first kappa shape index (κ1) is 39.0. The van der Waals surface area contributed by atoms with Crippen LogP contribution in [0.1, 0.15) is 105 Å². The molecule has 11 heteroatoms. The molecule has 0 amide bonds. The van der Waals surface area contributed by atoms with Gasteiger partial charge in [-0.25, -0.2) is 0 Å². The molecule has 2 heterocycles. The van der Waals surface area contributed by atoms with E-state index in [1.165, 1.54) is 57.8 Å². The molecule has 6 rings (SSSR count). The Labute approximate surface area is 298 Å². The quantitative estimate of drug-likeness (QED) is 0.157. The Morgan fingerprint density at radius 2 is 1.46 bits per heavy atom. The molecule has 2 saturated heterocycles. The highest BCUT2D eigenvalue weighted by molar-refractivity contribution is 5.24. The van der Waals surface area contributed by atoms with Crippen molar-refractivity contribution < 1.29 is 54.7 Å². The smallest absolute Gasteiger partial charge is 0.186 e. The Bertz CT molecular complexity index is 1160. The fourth-order valence-electron chi connectivity index (χ4n) is 11.6. The van der Waals surface area contributed by atoms with Gasteiger partial charge >= 0.3 is 0 Å². The molecule has 0 bridgehead atoms. The minimum Gasteiger partial charge on any atom is -0.394 e. The topological polar surface area (TPSA) is 179 Å². The lowest BCUT2D eigenvalue weighted by molar-refractivity contribution is -0.337. The lowest BCUT2D eigenvalue weighted by Crippen LogP contribution is -2.62. The van der Waals surface area contributed by atoms with Crippen molar-refractivity contribution in [1.82, 2.24) is 0 Å². The number of hydrogen-bond donors (Lipinski definition) is 7. The van der Waals surface area contributed by atoms with Gasteiger partial charge in [0.1, 0.15) is 48.8 Å². The fraction of sp³-hybridized carbons (Fsp3) is 0.949. The first-order valence-electron chi connectivity index (χ1n) is 19.7. The van der Waals surface area contributed by atoms with E-state index in [4.69, 9.17) is 18.9 Å². The fourth-order valence-corrected chi connectivity index (χ4v) is 11.6. The van der Waals surface area contributed by atoms with Crippen LogP contribution in [0.5, 0.6) is 0 Å². The maximum atomic E-state index is 10.9. The summed E-state index contributed by atoms with van der Waals surface area (Å²) >= 11 is 0. The molecular weight excluding hydrogens is 644 g/mol. The third-order valence-electron chi connectivity index (χ3n) is 14.7. The lowest BCUT2D eigenvalue weighted by Gasteiger charge is -2.58. The van der Waals surface area contributed by atoms with Crippen molar-refractivity contribution in [2.75, 3.05) is 13.2 Å². The monoisotopic (exact) mass is 710 g/mol. The van der Waals surface area contributed by atoms with Crippen LogP contribution in [0, 0.1) is 46.3 Å². The van der Waals surface area contributed by atoms with Crippen LogP contribution in [0.2, 0.25) is 0 Å². The summed E-state index contributed by atoms with van der Waals surface area (Å²) in [6, 6.07) is 0. The van der Waals surface area contributed by atoms with Gasteiger partial charge in [0.15, 0.2) is 12.6 Å². The molecule has 11 nitrogen and oxygen atoms in total. The van der Waals surface area contributed by atoms with E-state index in [-0.39, 0.29) is 18.6 Å². The predicted octanol–water partition coefficient (Wildman–Crippen LogP) is 3.04. The first-order valence-corrected chi connectivity index (χ1v) is 19.7. The normalized spacial score (nSPS) is 49.1. The van der Waals surface area contributed by atoms with Crippen LogP contribution in [-0.2, 0) is 18.9 Å². The number of allylic oxidation sites excluding steroid dienone is 2. The second-order valence-electron chi connectivity index (χ2n) is 17.7. The summed E-state index contributed by atoms with van der Waals surface area (Å²) < 4.78 is 23.3. The molecule has 0 radical (unpaired) electrons. The molecule has 2 aliphatic heterocycles. The first-order chi connectivity index (χ1) is 23.7. The van der Waals surface area contributed by atoms with Crippen molar-refractivity contribution in [2.24, 2.45) is 46.3 Å². The summed E-state index contributed by atoms with van der Waals surface area (Å²) in [5.41, 5.74) is 2.52. The Kier molecular flexibility index (Phi) is 12.1. The standard InChI is InChI=1S/C39H66O11/c1-20(2)27(48-37-35(46)33(44)31(42)29(50-37)19-47-36-34(45)32(43)30(41)28(18-40)49-36)14-9-21(3)24-12-13-25-23-11-10-22-8-6-7-16-38(22,4)26(23)15-17-39(24,25)5/h10,20-21,23-37,40-46H,6-9,11-19H2,1-5H3/t21?,23-,24+,25-,26-,27?,28+,29+,30+,31+,32-,33-,34+,35+,36+,37+,38-,39+/m0/s1. The van der Waals surface area contributed by atoms with Gasteiger partial charge in [-0.1, -0.05) is 52.7 Å². The maximum absolute atomic E-state index is 10.9. The van der Waals surface area contributed by atoms with Gasteiger partial charge in [-0.05, 0) is 111 Å². The molecular formula is C39H66O11. The lowest BCUT2D eigenvalue weighted by atomic mass is 9.47. The van der Waals surface area contributed by atoms with Crippen LogP contribution in [-0.4, -0.2) is 116 Å². The molecule has 3 saturated carbocycles. The molecule has 0 aromatic carbocycles. The Morgan fingerprint density at radius 1 is 0.780 bits per heavy atom. The van der Waals surface area contributed by atoms with Gasteiger partial charge in [0.05, 0.1) is 19.3 Å². The van der Waals surface area contributed by atoms with E-state index in [2.05, 4.69) is 40.7 Å². The molecule has 5 fully saturated rings. The summed E-state index contributed by atoms with van der Waals surface area (Å²) in [7, 11) is 0. The van der Waals surface area contributed by atoms with Gasteiger partial charge in [0, 0.05) is 0 Å². The number of aliphatic hydroxyl groups excluding tert-OH is 7. The summed E-state index contributed by atoms with van der Waals surface area (Å²) in [5.74, 6) is 3.68. The van der Waals surface area contributed by atoms with Gasteiger partial charge in [-0.3, -0.25) is 0 Å². The van der Waals surface area contributed by atoms with E-state index in [1.807, 2.05) is 0 Å². The highest BCUT2D eigenvalue weighted by Crippen LogP contribution is 2.67. The third-order valence-corrected chi connectivity index (χ3v) is 14.7. The molecule has 18 atom stereocenters. The zero-order chi connectivity index (χ0) is 36.1. The largest absolute Gasteiger partial charge is 0.394 e. The van der Waals surface area contributed by atoms with Gasteiger partial charge < -0.3 is 54.7 Å². The van der Waals surface area contributed by atoms with Crippen molar-refractivity contribution >= 4 is 0 Å². The summed E-state index contributed by atoms with van der Waals surface area (Å²) in [6.07, 6.45) is 1.73. The van der Waals surface area contributed by atoms with Gasteiger partial charge in [-0.2, -0.15) is 0 Å². The van der Waals surface area contributed by atoms with Crippen molar-refractivity contribution in [3.8, 4) is 0 Å². The van der Waals surface area contributed by atoms with Gasteiger partial charge in [-0.15, -0.1) is 0 Å². The van der Waals surface area contributed by atoms with Crippen LogP contribution in [0.3, 0.4) is 0 Å². The van der Waals surface area contributed by atoms with Crippen molar-refractivity contribution in [2.45, 2.75) is 173 Å². The van der Waals surface area contributed by atoms with Crippen LogP contribution in [0.4, 0.5) is 0 Å². The average Bonchev–Trinajstić information content (AvgIpc) is 3.46. The SMILES string of the molecule is CC(C)C(CCC(C)[C@H]1CC[C@H]2[C@@H]3CC=C4CCCC[C@]4(C)[C@H]3CC[C@]12C)O[C@@H]1O[C@H](CO[C@@H]2O[C@H](CO)[C@@H](O)[C@H](O)[C@H]2O)[C@@H](O)[C@H](O)[C@H]1O. The molecule has 2 unspecified atom stereocenters. The van der Waals surface area contributed by atoms with Crippen LogP contribution in [0.25, 0.3) is 0 Å². The molecule has 0 spiro atoms. The van der Waals surface area contributed by atoms with E-state index in [0.717, 1.165) is 30.6 Å². The zero-order valence-electron chi connectivity index (χ0n) is 30.8. The van der Waals surface area contributed by atoms with Crippen molar-refractivity contribution in [3.63, 3.8) is 0 Å². The molecule has 7 N–H and O–H groups in total. The van der Waals surface area contributed by atoms with E-state index in [9.17, 15) is 35.7 Å². The van der Waals surface area contributed by atoms with E-state index >= 15 is 0 Å². The van der Waals surface area contributed by atoms with Crippen molar-refractivity contribution in [1.29, 1.82) is 0 Å². The summed E-state index contributed by atoms with van der Waals surface area (Å²) in [6.45, 7) is 10.7. The van der Waals surface area contributed by atoms with E-state index in [0.29, 0.717) is 22.7 Å². The zero-order valence-corrected chi connectivity index (χ0v) is 30.8. The number of ether oxygens (including phenoxy) is 4. The van der Waals surface area contributed by atoms with Crippen LogP contribution < -0.4 is 0 Å². The Balaban J connectivity index is 1.05. The highest BCUT2D eigenvalue weighted by atomic mass is 16.7.